The van der Waals surface area contributed by atoms with Crippen molar-refractivity contribution in [2.75, 3.05) is 6.54 Å². The van der Waals surface area contributed by atoms with Crippen LogP contribution in [0.5, 0.6) is 5.75 Å². The molecule has 0 aliphatic carbocycles. The molecule has 0 bridgehead atoms. The van der Waals surface area contributed by atoms with Gasteiger partial charge in [0.2, 0.25) is 0 Å². The number of hydrogen-bond donors (Lipinski definition) is 3. The molecular formula is C12H18N2O2. The third kappa shape index (κ3) is 3.55. The van der Waals surface area contributed by atoms with Crippen molar-refractivity contribution in [1.29, 1.82) is 0 Å². The Morgan fingerprint density at radius 2 is 2.12 bits per heavy atom. The molecule has 1 aromatic carbocycles. The molecule has 4 N–H and O–H groups in total. The number of nitrogens with one attached hydrogen (secondary N) is 1. The molecular weight excluding hydrogens is 204 g/mol. The molecule has 0 fully saturated rings. The predicted octanol–water partition coefficient (Wildman–Crippen LogP) is 1.17. The first-order chi connectivity index (χ1) is 7.29. The van der Waals surface area contributed by atoms with Crippen molar-refractivity contribution in [2.45, 2.75) is 26.3 Å². The number of carbonyl (C=O) groups is 1. The van der Waals surface area contributed by atoms with Crippen LogP contribution in [0.15, 0.2) is 18.2 Å². The highest BCUT2D eigenvalue weighted by Crippen LogP contribution is 2.15. The van der Waals surface area contributed by atoms with Crippen LogP contribution >= 0.6 is 0 Å². The molecule has 1 aromatic rings. The minimum atomic E-state index is -0.430. The first-order valence-electron chi connectivity index (χ1n) is 5.16. The van der Waals surface area contributed by atoms with E-state index in [2.05, 4.69) is 5.32 Å². The van der Waals surface area contributed by atoms with E-state index in [0.29, 0.717) is 12.1 Å². The first-order valence-corrected chi connectivity index (χ1v) is 5.16. The summed E-state index contributed by atoms with van der Waals surface area (Å²) >= 11 is 0. The Morgan fingerprint density at radius 1 is 1.50 bits per heavy atom. The number of carbonyl (C=O) groups excluding carboxylic acids is 1. The van der Waals surface area contributed by atoms with Gasteiger partial charge in [-0.25, -0.2) is 0 Å². The number of hydrogen-bond acceptors (Lipinski definition) is 3. The Kier molecular flexibility index (Phi) is 3.55. The van der Waals surface area contributed by atoms with Crippen LogP contribution in [0.4, 0.5) is 0 Å². The summed E-state index contributed by atoms with van der Waals surface area (Å²) in [7, 11) is 0. The molecule has 0 radical (unpaired) electrons. The standard InChI is InChI=1S/C12H18N2O2/c1-8-6-9(15)4-5-10(8)11(16)14-7-12(2,3)13/h4-6,15H,7,13H2,1-3H3,(H,14,16). The van der Waals surface area contributed by atoms with Gasteiger partial charge in [-0.15, -0.1) is 0 Å². The third-order valence-electron chi connectivity index (χ3n) is 2.16. The molecule has 0 saturated carbocycles. The molecule has 88 valence electrons. The van der Waals surface area contributed by atoms with E-state index in [-0.39, 0.29) is 11.7 Å². The van der Waals surface area contributed by atoms with Crippen molar-refractivity contribution in [1.82, 2.24) is 5.32 Å². The lowest BCUT2D eigenvalue weighted by Gasteiger charge is -2.19. The molecule has 1 rings (SSSR count). The average Bonchev–Trinajstić information content (AvgIpc) is 2.13. The van der Waals surface area contributed by atoms with Crippen molar-refractivity contribution in [2.24, 2.45) is 5.73 Å². The topological polar surface area (TPSA) is 75.3 Å². The van der Waals surface area contributed by atoms with E-state index in [0.717, 1.165) is 5.56 Å². The zero-order chi connectivity index (χ0) is 12.3. The van der Waals surface area contributed by atoms with E-state index in [1.807, 2.05) is 13.8 Å². The van der Waals surface area contributed by atoms with E-state index in [4.69, 9.17) is 5.73 Å². The Morgan fingerprint density at radius 3 is 2.62 bits per heavy atom. The van der Waals surface area contributed by atoms with Gasteiger partial charge in [0.1, 0.15) is 5.75 Å². The van der Waals surface area contributed by atoms with Gasteiger partial charge in [0.05, 0.1) is 0 Å². The first kappa shape index (κ1) is 12.5. The SMILES string of the molecule is Cc1cc(O)ccc1C(=O)NCC(C)(C)N. The number of phenolic OH excluding ortho intramolecular Hbond substituents is 1. The maximum Gasteiger partial charge on any atom is 0.251 e. The van der Waals surface area contributed by atoms with Gasteiger partial charge < -0.3 is 16.2 Å². The van der Waals surface area contributed by atoms with E-state index in [1.54, 1.807) is 19.1 Å². The van der Waals surface area contributed by atoms with Gasteiger partial charge in [-0.2, -0.15) is 0 Å². The summed E-state index contributed by atoms with van der Waals surface area (Å²) in [5.74, 6) is -0.00997. The molecule has 0 atom stereocenters. The normalized spacial score (nSPS) is 11.2. The predicted molar refractivity (Wildman–Crippen MR) is 63.4 cm³/mol. The zero-order valence-corrected chi connectivity index (χ0v) is 9.87. The number of nitrogens with two attached hydrogens (primary N) is 1. The Labute approximate surface area is 95.5 Å². The van der Waals surface area contributed by atoms with E-state index in [9.17, 15) is 9.90 Å². The van der Waals surface area contributed by atoms with Gasteiger partial charge in [0.25, 0.3) is 5.91 Å². The summed E-state index contributed by atoms with van der Waals surface area (Å²) in [4.78, 5) is 11.8. The Balaban J connectivity index is 2.74. The number of benzene rings is 1. The van der Waals surface area contributed by atoms with Crippen LogP contribution in [0, 0.1) is 6.92 Å². The molecule has 0 aliphatic heterocycles. The Hall–Kier alpha value is -1.55. The number of aromatic hydroxyl groups is 1. The number of aryl methyl sites for hydroxylation is 1. The molecule has 0 spiro atoms. The quantitative estimate of drug-likeness (QED) is 0.718. The van der Waals surface area contributed by atoms with Gasteiger partial charge in [-0.05, 0) is 44.5 Å². The largest absolute Gasteiger partial charge is 0.508 e. The number of amides is 1. The number of rotatable bonds is 3. The molecule has 0 unspecified atom stereocenters. The molecule has 1 amide bonds. The smallest absolute Gasteiger partial charge is 0.251 e. The third-order valence-corrected chi connectivity index (χ3v) is 2.16. The van der Waals surface area contributed by atoms with Crippen molar-refractivity contribution >= 4 is 5.91 Å². The molecule has 16 heavy (non-hydrogen) atoms. The van der Waals surface area contributed by atoms with Crippen LogP contribution in [0.3, 0.4) is 0 Å². The van der Waals surface area contributed by atoms with Crippen LogP contribution in [0.1, 0.15) is 29.8 Å². The van der Waals surface area contributed by atoms with E-state index >= 15 is 0 Å². The Bertz CT molecular complexity index is 394. The van der Waals surface area contributed by atoms with Crippen molar-refractivity contribution in [3.8, 4) is 5.75 Å². The molecule has 4 nitrogen and oxygen atoms in total. The second kappa shape index (κ2) is 4.53. The van der Waals surface area contributed by atoms with Crippen LogP contribution in [0.25, 0.3) is 0 Å². The number of phenols is 1. The fraction of sp³-hybridized carbons (Fsp3) is 0.417. The molecule has 0 heterocycles. The highest BCUT2D eigenvalue weighted by atomic mass is 16.3. The molecule has 0 aliphatic rings. The van der Waals surface area contributed by atoms with Crippen LogP contribution in [-0.2, 0) is 0 Å². The van der Waals surface area contributed by atoms with Crippen LogP contribution in [-0.4, -0.2) is 23.1 Å². The molecule has 4 heteroatoms. The summed E-state index contributed by atoms with van der Waals surface area (Å²) in [6.45, 7) is 5.88. The average molecular weight is 222 g/mol. The van der Waals surface area contributed by atoms with E-state index < -0.39 is 5.54 Å². The molecule has 0 aromatic heterocycles. The van der Waals surface area contributed by atoms with Crippen molar-refractivity contribution in [3.05, 3.63) is 29.3 Å². The van der Waals surface area contributed by atoms with Gasteiger partial charge in [-0.1, -0.05) is 0 Å². The van der Waals surface area contributed by atoms with Gasteiger partial charge >= 0.3 is 0 Å². The van der Waals surface area contributed by atoms with Crippen LogP contribution in [0.2, 0.25) is 0 Å². The fourth-order valence-electron chi connectivity index (χ4n) is 1.31. The second-order valence-corrected chi connectivity index (χ2v) is 4.67. The highest BCUT2D eigenvalue weighted by Gasteiger charge is 2.14. The minimum absolute atomic E-state index is 0.160. The van der Waals surface area contributed by atoms with Crippen molar-refractivity contribution < 1.29 is 9.90 Å². The van der Waals surface area contributed by atoms with E-state index in [1.165, 1.54) is 6.07 Å². The van der Waals surface area contributed by atoms with Crippen LogP contribution < -0.4 is 11.1 Å². The maximum atomic E-state index is 11.8. The lowest BCUT2D eigenvalue weighted by atomic mass is 10.1. The summed E-state index contributed by atoms with van der Waals surface area (Å²) in [6.07, 6.45) is 0. The summed E-state index contributed by atoms with van der Waals surface area (Å²) in [5, 5.41) is 12.0. The lowest BCUT2D eigenvalue weighted by molar-refractivity contribution is 0.0945. The van der Waals surface area contributed by atoms with Gasteiger partial charge in [0.15, 0.2) is 0 Å². The summed E-state index contributed by atoms with van der Waals surface area (Å²) < 4.78 is 0. The van der Waals surface area contributed by atoms with Gasteiger partial charge in [0, 0.05) is 17.6 Å². The fourth-order valence-corrected chi connectivity index (χ4v) is 1.31. The monoisotopic (exact) mass is 222 g/mol. The maximum absolute atomic E-state index is 11.8. The minimum Gasteiger partial charge on any atom is -0.508 e. The second-order valence-electron chi connectivity index (χ2n) is 4.67. The van der Waals surface area contributed by atoms with Gasteiger partial charge in [-0.3, -0.25) is 4.79 Å². The highest BCUT2D eigenvalue weighted by molar-refractivity contribution is 5.95. The zero-order valence-electron chi connectivity index (χ0n) is 9.87. The summed E-state index contributed by atoms with van der Waals surface area (Å²) in [6, 6.07) is 4.65. The lowest BCUT2D eigenvalue weighted by Crippen LogP contribution is -2.45. The molecule has 0 saturated heterocycles. The van der Waals surface area contributed by atoms with Crippen molar-refractivity contribution in [3.63, 3.8) is 0 Å². The summed E-state index contributed by atoms with van der Waals surface area (Å²) in [5.41, 5.74) is 6.64.